The van der Waals surface area contributed by atoms with Crippen LogP contribution in [0.25, 0.3) is 0 Å². The summed E-state index contributed by atoms with van der Waals surface area (Å²) in [4.78, 5) is 10.9. The van der Waals surface area contributed by atoms with Gasteiger partial charge in [-0.2, -0.15) is 13.2 Å². The lowest BCUT2D eigenvalue weighted by Gasteiger charge is -2.35. The highest BCUT2D eigenvalue weighted by Crippen LogP contribution is 2.32. The van der Waals surface area contributed by atoms with Crippen LogP contribution < -0.4 is 5.32 Å². The number of ether oxygens (including phenoxy) is 1. The van der Waals surface area contributed by atoms with Crippen LogP contribution in [0.4, 0.5) is 13.2 Å². The van der Waals surface area contributed by atoms with Gasteiger partial charge in [-0.1, -0.05) is 12.1 Å². The largest absolute Gasteiger partial charge is 0.416 e. The number of aromatic nitrogens is 1. The van der Waals surface area contributed by atoms with Crippen LogP contribution in [0.2, 0.25) is 0 Å². The van der Waals surface area contributed by atoms with Gasteiger partial charge in [-0.3, -0.25) is 9.98 Å². The molecule has 1 aromatic heterocycles. The Morgan fingerprint density at radius 1 is 1.33 bits per heavy atom. The van der Waals surface area contributed by atoms with Crippen molar-refractivity contribution in [2.75, 3.05) is 32.8 Å². The second-order valence-electron chi connectivity index (χ2n) is 7.22. The number of aryl methyl sites for hydroxylation is 1. The third-order valence-electron chi connectivity index (χ3n) is 5.07. The molecule has 1 aliphatic rings. The molecule has 162 valence electrons. The van der Waals surface area contributed by atoms with Gasteiger partial charge in [-0.25, -0.2) is 0 Å². The first kappa shape index (κ1) is 22.1. The van der Waals surface area contributed by atoms with Gasteiger partial charge in [0.2, 0.25) is 0 Å². The van der Waals surface area contributed by atoms with E-state index in [4.69, 9.17) is 9.73 Å². The van der Waals surface area contributed by atoms with Gasteiger partial charge in [-0.05, 0) is 55.2 Å². The average molecular weight is 420 g/mol. The summed E-state index contributed by atoms with van der Waals surface area (Å²) in [7, 11) is 0. The van der Waals surface area contributed by atoms with Crippen molar-refractivity contribution in [2.24, 2.45) is 4.99 Å². The van der Waals surface area contributed by atoms with Crippen LogP contribution in [0.15, 0.2) is 47.7 Å². The first-order chi connectivity index (χ1) is 14.4. The number of benzene rings is 1. The number of nitrogens with zero attached hydrogens (tertiary/aromatic N) is 3. The zero-order valence-electron chi connectivity index (χ0n) is 17.2. The van der Waals surface area contributed by atoms with Crippen LogP contribution in [0.5, 0.6) is 0 Å². The number of morpholine rings is 1. The van der Waals surface area contributed by atoms with E-state index in [1.807, 2.05) is 26.1 Å². The smallest absolute Gasteiger partial charge is 0.370 e. The quantitative estimate of drug-likeness (QED) is 0.587. The minimum absolute atomic E-state index is 0.425. The van der Waals surface area contributed by atoms with Gasteiger partial charge >= 0.3 is 6.18 Å². The number of hydrogen-bond acceptors (Lipinski definition) is 3. The Morgan fingerprint density at radius 3 is 2.90 bits per heavy atom. The Balaban J connectivity index is 1.70. The van der Waals surface area contributed by atoms with Crippen molar-refractivity contribution in [3.63, 3.8) is 0 Å². The molecule has 0 bridgehead atoms. The summed E-state index contributed by atoms with van der Waals surface area (Å²) in [5.41, 5.74) is 2.20. The number of alkyl halides is 3. The summed E-state index contributed by atoms with van der Waals surface area (Å²) in [5, 5.41) is 3.29. The molecule has 1 aliphatic heterocycles. The third kappa shape index (κ3) is 5.72. The number of rotatable bonds is 5. The van der Waals surface area contributed by atoms with Gasteiger partial charge in [0.1, 0.15) is 6.10 Å². The summed E-state index contributed by atoms with van der Waals surface area (Å²) in [6, 6.07) is 7.35. The highest BCUT2D eigenvalue weighted by molar-refractivity contribution is 5.80. The van der Waals surface area contributed by atoms with E-state index < -0.39 is 17.8 Å². The lowest BCUT2D eigenvalue weighted by Crippen LogP contribution is -2.48. The molecule has 1 N–H and O–H groups in total. The van der Waals surface area contributed by atoms with E-state index >= 15 is 0 Å². The Hall–Kier alpha value is -2.61. The molecule has 0 radical (unpaired) electrons. The second kappa shape index (κ2) is 9.93. The highest BCUT2D eigenvalue weighted by Gasteiger charge is 2.32. The van der Waals surface area contributed by atoms with Gasteiger partial charge < -0.3 is 15.0 Å². The van der Waals surface area contributed by atoms with Gasteiger partial charge in [0.15, 0.2) is 5.96 Å². The Bertz CT molecular complexity index is 869. The van der Waals surface area contributed by atoms with E-state index in [2.05, 4.69) is 15.2 Å². The van der Waals surface area contributed by atoms with Gasteiger partial charge in [0.25, 0.3) is 0 Å². The number of halogens is 3. The zero-order valence-corrected chi connectivity index (χ0v) is 17.2. The van der Waals surface area contributed by atoms with Crippen molar-refractivity contribution in [3.05, 3.63) is 65.0 Å². The molecule has 1 fully saturated rings. The summed E-state index contributed by atoms with van der Waals surface area (Å²) in [5.74, 6) is 0.754. The predicted octanol–water partition coefficient (Wildman–Crippen LogP) is 3.99. The predicted molar refractivity (Wildman–Crippen MR) is 110 cm³/mol. The highest BCUT2D eigenvalue weighted by atomic mass is 19.4. The third-order valence-corrected chi connectivity index (χ3v) is 5.07. The summed E-state index contributed by atoms with van der Waals surface area (Å²) in [6.45, 7) is 6.84. The number of hydrogen-bond donors (Lipinski definition) is 1. The zero-order chi connectivity index (χ0) is 21.6. The molecular weight excluding hydrogens is 393 g/mol. The molecule has 0 saturated carbocycles. The molecule has 1 atom stereocenters. The van der Waals surface area contributed by atoms with E-state index in [-0.39, 0.29) is 0 Å². The fraction of sp³-hybridized carbons (Fsp3) is 0.455. The fourth-order valence-electron chi connectivity index (χ4n) is 3.45. The molecule has 30 heavy (non-hydrogen) atoms. The fourth-order valence-corrected chi connectivity index (χ4v) is 3.45. The molecule has 1 saturated heterocycles. The van der Waals surface area contributed by atoms with Crippen LogP contribution >= 0.6 is 0 Å². The lowest BCUT2D eigenvalue weighted by molar-refractivity contribution is -0.137. The van der Waals surface area contributed by atoms with E-state index in [1.165, 1.54) is 17.7 Å². The molecule has 8 heteroatoms. The Labute approximate surface area is 175 Å². The molecule has 1 aromatic carbocycles. The average Bonchev–Trinajstić information content (AvgIpc) is 2.74. The van der Waals surface area contributed by atoms with Crippen LogP contribution in [0, 0.1) is 6.92 Å². The Kier molecular flexibility index (Phi) is 7.31. The Morgan fingerprint density at radius 2 is 2.17 bits per heavy atom. The van der Waals surface area contributed by atoms with Gasteiger partial charge in [0.05, 0.1) is 18.7 Å². The maximum atomic E-state index is 13.1. The van der Waals surface area contributed by atoms with Crippen molar-refractivity contribution >= 4 is 5.96 Å². The first-order valence-electron chi connectivity index (χ1n) is 10.1. The number of aliphatic imine (C=N–C) groups is 1. The van der Waals surface area contributed by atoms with Crippen LogP contribution in [0.1, 0.15) is 35.3 Å². The molecule has 2 heterocycles. The minimum atomic E-state index is -4.37. The molecule has 0 amide bonds. The van der Waals surface area contributed by atoms with Crippen molar-refractivity contribution in [1.29, 1.82) is 0 Å². The van der Waals surface area contributed by atoms with Crippen molar-refractivity contribution in [1.82, 2.24) is 15.2 Å². The van der Waals surface area contributed by atoms with Crippen LogP contribution in [-0.4, -0.2) is 48.6 Å². The normalized spacial score (nSPS) is 17.8. The topological polar surface area (TPSA) is 49.8 Å². The van der Waals surface area contributed by atoms with E-state index in [9.17, 15) is 13.2 Å². The van der Waals surface area contributed by atoms with Crippen molar-refractivity contribution in [3.8, 4) is 0 Å². The number of pyridine rings is 1. The number of nitrogens with one attached hydrogen (secondary N) is 1. The molecule has 1 unspecified atom stereocenters. The maximum absolute atomic E-state index is 13.1. The maximum Gasteiger partial charge on any atom is 0.416 e. The van der Waals surface area contributed by atoms with E-state index in [0.29, 0.717) is 38.3 Å². The van der Waals surface area contributed by atoms with Crippen LogP contribution in [0.3, 0.4) is 0 Å². The van der Waals surface area contributed by atoms with Gasteiger partial charge in [-0.15, -0.1) is 0 Å². The molecule has 0 spiro atoms. The minimum Gasteiger partial charge on any atom is -0.370 e. The SMILES string of the molecule is CCNC(=NCCc1ccncc1C)N1CCOC(c2cccc(C(F)(F)F)c2)C1. The van der Waals surface area contributed by atoms with Gasteiger partial charge in [0, 0.05) is 32.0 Å². The van der Waals surface area contributed by atoms with E-state index in [1.54, 1.807) is 12.3 Å². The van der Waals surface area contributed by atoms with Crippen molar-refractivity contribution < 1.29 is 17.9 Å². The summed E-state index contributed by atoms with van der Waals surface area (Å²) >= 11 is 0. The molecule has 3 rings (SSSR count). The monoisotopic (exact) mass is 420 g/mol. The van der Waals surface area contributed by atoms with Crippen LogP contribution in [-0.2, 0) is 17.3 Å². The van der Waals surface area contributed by atoms with E-state index in [0.717, 1.165) is 24.0 Å². The molecular formula is C22H27F3N4O. The first-order valence-corrected chi connectivity index (χ1v) is 10.1. The lowest BCUT2D eigenvalue weighted by atomic mass is 10.0. The summed E-state index contributed by atoms with van der Waals surface area (Å²) < 4.78 is 45.0. The second-order valence-corrected chi connectivity index (χ2v) is 7.22. The van der Waals surface area contributed by atoms with Crippen molar-refractivity contribution in [2.45, 2.75) is 32.5 Å². The summed E-state index contributed by atoms with van der Waals surface area (Å²) in [6.07, 6.45) is -0.395. The number of guanidine groups is 1. The molecule has 5 nitrogen and oxygen atoms in total. The molecule has 0 aliphatic carbocycles. The standard InChI is InChI=1S/C22H27F3N4O/c1-3-27-21(28-10-8-17-7-9-26-14-16(17)2)29-11-12-30-20(15-29)18-5-4-6-19(13-18)22(23,24)25/h4-7,9,13-14,20H,3,8,10-12,15H2,1-2H3,(H,27,28). The molecule has 2 aromatic rings.